The summed E-state index contributed by atoms with van der Waals surface area (Å²) in [6.07, 6.45) is 5.58. The summed E-state index contributed by atoms with van der Waals surface area (Å²) < 4.78 is 10.8. The first-order chi connectivity index (χ1) is 14.1. The fourth-order valence-electron chi connectivity index (χ4n) is 3.56. The van der Waals surface area contributed by atoms with Crippen LogP contribution in [0.4, 0.5) is 5.95 Å². The van der Waals surface area contributed by atoms with E-state index in [2.05, 4.69) is 29.1 Å². The van der Waals surface area contributed by atoms with Gasteiger partial charge in [-0.25, -0.2) is 14.8 Å². The smallest absolute Gasteiger partial charge is 0.337 e. The highest BCUT2D eigenvalue weighted by atomic mass is 28.4. The molecule has 3 rings (SSSR count). The zero-order valence-electron chi connectivity index (χ0n) is 18.6. The summed E-state index contributed by atoms with van der Waals surface area (Å²) in [4.78, 5) is 31.3. The Balaban J connectivity index is 1.64. The summed E-state index contributed by atoms with van der Waals surface area (Å²) in [5.41, 5.74) is 1.18. The summed E-state index contributed by atoms with van der Waals surface area (Å²) in [6.45, 7) is 9.01. The van der Waals surface area contributed by atoms with E-state index in [4.69, 9.17) is 9.47 Å². The predicted octanol–water partition coefficient (Wildman–Crippen LogP) is 4.13. The molecule has 0 amide bonds. The van der Waals surface area contributed by atoms with Gasteiger partial charge in [0.15, 0.2) is 8.32 Å². The molecule has 0 saturated carbocycles. The molecule has 1 fully saturated rings. The molecule has 164 valence electrons. The zero-order valence-corrected chi connectivity index (χ0v) is 19.6. The minimum atomic E-state index is -2.21. The number of nitrogens with zero attached hydrogens (tertiary/aromatic N) is 2. The van der Waals surface area contributed by atoms with Crippen molar-refractivity contribution in [1.29, 1.82) is 0 Å². The minimum Gasteiger partial charge on any atom is -0.465 e. The molecule has 7 nitrogen and oxygen atoms in total. The number of carbonyl (C=O) groups excluding carboxylic acids is 1. The third kappa shape index (κ3) is 5.36. The van der Waals surface area contributed by atoms with E-state index in [9.17, 15) is 9.59 Å². The molecule has 2 atom stereocenters. The molecule has 0 aliphatic carbocycles. The van der Waals surface area contributed by atoms with Crippen LogP contribution in [0.5, 0.6) is 0 Å². The summed E-state index contributed by atoms with van der Waals surface area (Å²) in [5.74, 6) is 0.175. The Morgan fingerprint density at radius 3 is 2.87 bits per heavy atom. The number of nitrogens with one attached hydrogen (secondary N) is 1. The molecule has 1 aromatic carbocycles. The molecule has 0 unspecified atom stereocenters. The van der Waals surface area contributed by atoms with Crippen LogP contribution in [-0.4, -0.2) is 54.9 Å². The average Bonchev–Trinajstić information content (AvgIpc) is 2.70. The molecular formula is C22H33N3O4Si. The van der Waals surface area contributed by atoms with Crippen LogP contribution in [0, 0.1) is 0 Å². The quantitative estimate of drug-likeness (QED) is 0.503. The number of hydrogen-bond donors (Lipinski definition) is 2. The largest absolute Gasteiger partial charge is 0.465 e. The van der Waals surface area contributed by atoms with Crippen LogP contribution in [0.2, 0.25) is 18.1 Å². The Bertz CT molecular complexity index is 898. The lowest BCUT2D eigenvalue weighted by atomic mass is 9.96. The summed E-state index contributed by atoms with van der Waals surface area (Å²) in [5, 5.41) is 4.26. The lowest BCUT2D eigenvalue weighted by molar-refractivity contribution is 0.00338. The molecule has 0 bridgehead atoms. The second-order valence-corrected chi connectivity index (χ2v) is 13.8. The minimum absolute atomic E-state index is 0.0461. The maximum absolute atomic E-state index is 11.8. The van der Waals surface area contributed by atoms with Crippen molar-refractivity contribution in [2.75, 3.05) is 19.0 Å². The molecule has 2 aromatic rings. The van der Waals surface area contributed by atoms with Gasteiger partial charge in [-0.3, -0.25) is 0 Å². The summed E-state index contributed by atoms with van der Waals surface area (Å²) in [6, 6.07) is 5.49. The molecule has 0 radical (unpaired) electrons. The monoisotopic (exact) mass is 431 g/mol. The first-order valence-electron chi connectivity index (χ1n) is 10.5. The molecule has 30 heavy (non-hydrogen) atoms. The number of methoxy groups -OCH3 is 1. The van der Waals surface area contributed by atoms with Gasteiger partial charge in [0, 0.05) is 24.2 Å². The number of rotatable bonds is 7. The number of esters is 1. The van der Waals surface area contributed by atoms with Crippen LogP contribution in [0.1, 0.15) is 49.9 Å². The Hall–Kier alpha value is -2.03. The average molecular weight is 432 g/mol. The predicted molar refractivity (Wildman–Crippen MR) is 120 cm³/mol. The topological polar surface area (TPSA) is 93.6 Å². The number of ether oxygens (including phenoxy) is 2. The van der Waals surface area contributed by atoms with Crippen molar-refractivity contribution in [2.24, 2.45) is 0 Å². The van der Waals surface area contributed by atoms with Crippen LogP contribution < -0.4 is 5.32 Å². The van der Waals surface area contributed by atoms with E-state index in [-0.39, 0.29) is 23.2 Å². The first kappa shape index (κ1) is 22.6. The van der Waals surface area contributed by atoms with E-state index in [1.165, 1.54) is 7.11 Å². The van der Waals surface area contributed by atoms with Gasteiger partial charge in [0.05, 0.1) is 24.3 Å². The molecule has 1 aliphatic rings. The van der Waals surface area contributed by atoms with Crippen molar-refractivity contribution in [1.82, 2.24) is 9.97 Å². The summed E-state index contributed by atoms with van der Waals surface area (Å²) >= 11 is 0. The van der Waals surface area contributed by atoms with E-state index in [1.54, 1.807) is 18.3 Å². The lowest BCUT2D eigenvalue weighted by Gasteiger charge is -2.37. The standard InChI is InChI=1S/C22H33N3O4Si/c1-22(2,30(4,5)27)10-8-18-13-17(9-11-29-18)24-21-23-14-16-7-6-15(20(26)28-3)12-19(16)25-21/h6-7,12,14,17-18,27H,8-11,13H2,1-5H3,(H,23,24,25)/t17-,18-/m1/s1. The third-order valence-electron chi connectivity index (χ3n) is 6.45. The van der Waals surface area contributed by atoms with Crippen LogP contribution >= 0.6 is 0 Å². The van der Waals surface area contributed by atoms with E-state index in [0.29, 0.717) is 23.6 Å². The lowest BCUT2D eigenvalue weighted by Crippen LogP contribution is -2.40. The maximum Gasteiger partial charge on any atom is 0.337 e. The van der Waals surface area contributed by atoms with Crippen LogP contribution in [0.15, 0.2) is 24.4 Å². The van der Waals surface area contributed by atoms with Crippen LogP contribution in [0.25, 0.3) is 10.9 Å². The van der Waals surface area contributed by atoms with Gasteiger partial charge in [-0.15, -0.1) is 0 Å². The van der Waals surface area contributed by atoms with Crippen molar-refractivity contribution in [3.8, 4) is 0 Å². The Morgan fingerprint density at radius 2 is 2.17 bits per heavy atom. The maximum atomic E-state index is 11.8. The van der Waals surface area contributed by atoms with Crippen LogP contribution in [0.3, 0.4) is 0 Å². The number of hydrogen-bond acceptors (Lipinski definition) is 7. The highest BCUT2D eigenvalue weighted by molar-refractivity contribution is 6.72. The van der Waals surface area contributed by atoms with Crippen molar-refractivity contribution in [2.45, 2.75) is 69.8 Å². The van der Waals surface area contributed by atoms with Crippen molar-refractivity contribution >= 4 is 31.1 Å². The molecule has 1 aromatic heterocycles. The molecule has 0 spiro atoms. The van der Waals surface area contributed by atoms with Gasteiger partial charge in [-0.05, 0) is 55.9 Å². The summed E-state index contributed by atoms with van der Waals surface area (Å²) in [7, 11) is -0.846. The Morgan fingerprint density at radius 1 is 1.40 bits per heavy atom. The van der Waals surface area contributed by atoms with E-state index in [0.717, 1.165) is 31.1 Å². The molecule has 1 aliphatic heterocycles. The van der Waals surface area contributed by atoms with Gasteiger partial charge in [-0.1, -0.05) is 19.9 Å². The first-order valence-corrected chi connectivity index (χ1v) is 13.5. The van der Waals surface area contributed by atoms with Gasteiger partial charge >= 0.3 is 5.97 Å². The number of aromatic nitrogens is 2. The second kappa shape index (κ2) is 8.99. The number of anilines is 1. The SMILES string of the molecule is COC(=O)c1ccc2cnc(N[C@@H]3CCO[C@H](CCC(C)(C)[Si](C)(C)O)C3)nc2c1. The Kier molecular flexibility index (Phi) is 6.79. The van der Waals surface area contributed by atoms with Gasteiger partial charge in [-0.2, -0.15) is 0 Å². The fourth-order valence-corrected chi connectivity index (χ4v) is 4.32. The highest BCUT2D eigenvalue weighted by Gasteiger charge is 2.38. The third-order valence-corrected chi connectivity index (χ3v) is 10.0. The van der Waals surface area contributed by atoms with Gasteiger partial charge in [0.25, 0.3) is 0 Å². The van der Waals surface area contributed by atoms with E-state index < -0.39 is 8.32 Å². The van der Waals surface area contributed by atoms with E-state index in [1.807, 2.05) is 19.2 Å². The highest BCUT2D eigenvalue weighted by Crippen LogP contribution is 2.41. The number of benzene rings is 1. The van der Waals surface area contributed by atoms with Crippen molar-refractivity contribution < 1.29 is 19.1 Å². The van der Waals surface area contributed by atoms with Crippen molar-refractivity contribution in [3.63, 3.8) is 0 Å². The van der Waals surface area contributed by atoms with Gasteiger partial charge < -0.3 is 19.6 Å². The van der Waals surface area contributed by atoms with Gasteiger partial charge in [0.1, 0.15) is 0 Å². The normalized spacial score (nSPS) is 20.2. The molecule has 8 heteroatoms. The molecule has 2 heterocycles. The number of fused-ring (bicyclic) bond motifs is 1. The van der Waals surface area contributed by atoms with Crippen molar-refractivity contribution in [3.05, 3.63) is 30.0 Å². The number of carbonyl (C=O) groups is 1. The fraction of sp³-hybridized carbons (Fsp3) is 0.591. The molecule has 1 saturated heterocycles. The Labute approximate surface area is 179 Å². The van der Waals surface area contributed by atoms with Gasteiger partial charge in [0.2, 0.25) is 5.95 Å². The second-order valence-electron chi connectivity index (χ2n) is 9.30. The molecular weight excluding hydrogens is 398 g/mol. The zero-order chi connectivity index (χ0) is 21.9. The van der Waals surface area contributed by atoms with Crippen LogP contribution in [-0.2, 0) is 9.47 Å². The van der Waals surface area contributed by atoms with E-state index >= 15 is 0 Å². The molecule has 2 N–H and O–H groups in total.